The molecule has 0 aliphatic heterocycles. The summed E-state index contributed by atoms with van der Waals surface area (Å²) in [6.45, 7) is 4.78. The molecule has 0 spiro atoms. The third-order valence-corrected chi connectivity index (χ3v) is 5.20. The molecule has 118 valence electrons. The van der Waals surface area contributed by atoms with Gasteiger partial charge in [0.15, 0.2) is 0 Å². The van der Waals surface area contributed by atoms with E-state index >= 15 is 0 Å². The number of hydrogen-bond donors (Lipinski definition) is 1. The highest BCUT2D eigenvalue weighted by Gasteiger charge is 2.29. The van der Waals surface area contributed by atoms with Crippen LogP contribution in [0.5, 0.6) is 5.75 Å². The number of sulfonamides is 1. The zero-order chi connectivity index (χ0) is 16.2. The van der Waals surface area contributed by atoms with Gasteiger partial charge in [0.05, 0.1) is 12.0 Å². The minimum Gasteiger partial charge on any atom is -0.497 e. The smallest absolute Gasteiger partial charge is 0.318 e. The second-order valence-corrected chi connectivity index (χ2v) is 6.70. The average molecular weight is 315 g/mol. The Bertz CT molecular complexity index is 601. The molecule has 0 radical (unpaired) electrons. The maximum Gasteiger partial charge on any atom is 0.318 e. The Balaban J connectivity index is 3.37. The van der Waals surface area contributed by atoms with E-state index in [-0.39, 0.29) is 11.4 Å². The molecule has 7 heteroatoms. The molecule has 0 bridgehead atoms. The lowest BCUT2D eigenvalue weighted by Gasteiger charge is -2.22. The number of rotatable bonds is 7. The second-order valence-electron chi connectivity index (χ2n) is 4.82. The van der Waals surface area contributed by atoms with Crippen LogP contribution in [0.3, 0.4) is 0 Å². The standard InChI is InChI=1S/C14H21NO5S/c1-5-6-15(9-13(16)17)21(18,19)14-10(2)7-12(20-4)8-11(14)3/h7-8H,5-6,9H2,1-4H3,(H,16,17). The van der Waals surface area contributed by atoms with Crippen LogP contribution < -0.4 is 4.74 Å². The molecule has 0 aliphatic rings. The number of ether oxygens (including phenoxy) is 1. The molecule has 0 unspecified atom stereocenters. The molecule has 0 saturated carbocycles. The zero-order valence-corrected chi connectivity index (χ0v) is 13.5. The van der Waals surface area contributed by atoms with E-state index in [0.29, 0.717) is 23.3 Å². The predicted octanol–water partition coefficient (Wildman–Crippen LogP) is 1.80. The van der Waals surface area contributed by atoms with Crippen molar-refractivity contribution in [3.63, 3.8) is 0 Å². The first-order chi connectivity index (χ1) is 9.73. The zero-order valence-electron chi connectivity index (χ0n) is 12.7. The lowest BCUT2D eigenvalue weighted by molar-refractivity contribution is -0.137. The summed E-state index contributed by atoms with van der Waals surface area (Å²) in [5.74, 6) is -0.597. The first kappa shape index (κ1) is 17.5. The molecule has 1 N–H and O–H groups in total. The highest BCUT2D eigenvalue weighted by atomic mass is 32.2. The first-order valence-corrected chi connectivity index (χ1v) is 8.05. The number of aliphatic carboxylic acids is 1. The van der Waals surface area contributed by atoms with Gasteiger partial charge in [-0.1, -0.05) is 6.92 Å². The second kappa shape index (κ2) is 6.91. The van der Waals surface area contributed by atoms with Crippen molar-refractivity contribution in [3.8, 4) is 5.75 Å². The molecule has 0 fully saturated rings. The lowest BCUT2D eigenvalue weighted by atomic mass is 10.1. The van der Waals surface area contributed by atoms with Gasteiger partial charge in [-0.25, -0.2) is 8.42 Å². The van der Waals surface area contributed by atoms with Crippen LogP contribution in [0, 0.1) is 13.8 Å². The number of aryl methyl sites for hydroxylation is 2. The summed E-state index contributed by atoms with van der Waals surface area (Å²) in [7, 11) is -2.34. The van der Waals surface area contributed by atoms with Crippen LogP contribution in [0.15, 0.2) is 17.0 Å². The summed E-state index contributed by atoms with van der Waals surface area (Å²) in [6.07, 6.45) is 0.542. The number of carboxylic acid groups (broad SMARTS) is 1. The topological polar surface area (TPSA) is 83.9 Å². The van der Waals surface area contributed by atoms with Crippen LogP contribution in [0.2, 0.25) is 0 Å². The van der Waals surface area contributed by atoms with E-state index in [4.69, 9.17) is 9.84 Å². The van der Waals surface area contributed by atoms with E-state index in [9.17, 15) is 13.2 Å². The Morgan fingerprint density at radius 3 is 2.19 bits per heavy atom. The van der Waals surface area contributed by atoms with Crippen LogP contribution in [0.4, 0.5) is 0 Å². The molecule has 1 aromatic rings. The summed E-state index contributed by atoms with van der Waals surface area (Å²) in [4.78, 5) is 11.1. The Hall–Kier alpha value is -1.60. The van der Waals surface area contributed by atoms with Gasteiger partial charge in [-0.2, -0.15) is 4.31 Å². The van der Waals surface area contributed by atoms with Gasteiger partial charge < -0.3 is 9.84 Å². The van der Waals surface area contributed by atoms with E-state index < -0.39 is 22.5 Å². The fourth-order valence-electron chi connectivity index (χ4n) is 2.25. The van der Waals surface area contributed by atoms with E-state index in [1.807, 2.05) is 0 Å². The molecule has 0 heterocycles. The highest BCUT2D eigenvalue weighted by Crippen LogP contribution is 2.28. The van der Waals surface area contributed by atoms with Gasteiger partial charge in [-0.05, 0) is 43.5 Å². The Labute approximate surface area is 125 Å². The normalized spacial score (nSPS) is 11.7. The number of methoxy groups -OCH3 is 1. The van der Waals surface area contributed by atoms with Crippen LogP contribution in [-0.2, 0) is 14.8 Å². The first-order valence-electron chi connectivity index (χ1n) is 6.61. The van der Waals surface area contributed by atoms with Gasteiger partial charge >= 0.3 is 5.97 Å². The SMILES string of the molecule is CCCN(CC(=O)O)S(=O)(=O)c1c(C)cc(OC)cc1C. The average Bonchev–Trinajstić information content (AvgIpc) is 2.36. The molecular formula is C14H21NO5S. The summed E-state index contributed by atoms with van der Waals surface area (Å²) < 4.78 is 31.6. The molecule has 6 nitrogen and oxygen atoms in total. The number of carbonyl (C=O) groups is 1. The van der Waals surface area contributed by atoms with Crippen molar-refractivity contribution in [2.45, 2.75) is 32.1 Å². The van der Waals surface area contributed by atoms with Crippen LogP contribution >= 0.6 is 0 Å². The van der Waals surface area contributed by atoms with E-state index in [1.54, 1.807) is 32.9 Å². The van der Waals surface area contributed by atoms with Crippen molar-refractivity contribution in [1.29, 1.82) is 0 Å². The summed E-state index contributed by atoms with van der Waals surface area (Å²) in [5, 5.41) is 8.92. The molecule has 1 rings (SSSR count). The fourth-order valence-corrected chi connectivity index (χ4v) is 4.14. The van der Waals surface area contributed by atoms with E-state index in [0.717, 1.165) is 4.31 Å². The van der Waals surface area contributed by atoms with Gasteiger partial charge in [-0.15, -0.1) is 0 Å². The molecule has 0 saturated heterocycles. The number of benzene rings is 1. The lowest BCUT2D eigenvalue weighted by Crippen LogP contribution is -2.37. The molecule has 1 aromatic carbocycles. The Morgan fingerprint density at radius 2 is 1.81 bits per heavy atom. The predicted molar refractivity (Wildman–Crippen MR) is 79.2 cm³/mol. The minimum atomic E-state index is -3.85. The molecule has 0 atom stereocenters. The maximum atomic E-state index is 12.7. The van der Waals surface area contributed by atoms with Gasteiger partial charge in [0.1, 0.15) is 12.3 Å². The number of carboxylic acids is 1. The van der Waals surface area contributed by atoms with Crippen LogP contribution in [0.25, 0.3) is 0 Å². The van der Waals surface area contributed by atoms with E-state index in [1.165, 1.54) is 7.11 Å². The van der Waals surface area contributed by atoms with Crippen molar-refractivity contribution < 1.29 is 23.1 Å². The van der Waals surface area contributed by atoms with Gasteiger partial charge in [0, 0.05) is 6.54 Å². The van der Waals surface area contributed by atoms with Crippen molar-refractivity contribution >= 4 is 16.0 Å². The molecule has 0 amide bonds. The quantitative estimate of drug-likeness (QED) is 0.829. The molecule has 21 heavy (non-hydrogen) atoms. The largest absolute Gasteiger partial charge is 0.497 e. The van der Waals surface area contributed by atoms with Gasteiger partial charge in [-0.3, -0.25) is 4.79 Å². The fraction of sp³-hybridized carbons (Fsp3) is 0.500. The third-order valence-electron chi connectivity index (χ3n) is 3.05. The van der Waals surface area contributed by atoms with Gasteiger partial charge in [0.25, 0.3) is 0 Å². The van der Waals surface area contributed by atoms with Gasteiger partial charge in [0.2, 0.25) is 10.0 Å². The summed E-state index contributed by atoms with van der Waals surface area (Å²) in [6, 6.07) is 3.26. The van der Waals surface area contributed by atoms with E-state index in [2.05, 4.69) is 0 Å². The Morgan fingerprint density at radius 1 is 1.29 bits per heavy atom. The number of nitrogens with zero attached hydrogens (tertiary/aromatic N) is 1. The summed E-state index contributed by atoms with van der Waals surface area (Å²) >= 11 is 0. The van der Waals surface area contributed by atoms with Crippen LogP contribution in [0.1, 0.15) is 24.5 Å². The van der Waals surface area contributed by atoms with Crippen LogP contribution in [-0.4, -0.2) is 44.0 Å². The minimum absolute atomic E-state index is 0.151. The van der Waals surface area contributed by atoms with Crippen molar-refractivity contribution in [2.75, 3.05) is 20.2 Å². The number of hydrogen-bond acceptors (Lipinski definition) is 4. The van der Waals surface area contributed by atoms with Crippen molar-refractivity contribution in [2.24, 2.45) is 0 Å². The third kappa shape index (κ3) is 3.95. The highest BCUT2D eigenvalue weighted by molar-refractivity contribution is 7.89. The summed E-state index contributed by atoms with van der Waals surface area (Å²) in [5.41, 5.74) is 1.08. The Kier molecular flexibility index (Phi) is 5.74. The monoisotopic (exact) mass is 315 g/mol. The van der Waals surface area contributed by atoms with Crippen molar-refractivity contribution in [1.82, 2.24) is 4.31 Å². The molecule has 0 aliphatic carbocycles. The van der Waals surface area contributed by atoms with Crippen molar-refractivity contribution in [3.05, 3.63) is 23.3 Å². The molecular weight excluding hydrogens is 294 g/mol. The molecule has 0 aromatic heterocycles. The maximum absolute atomic E-state index is 12.7.